The predicted molar refractivity (Wildman–Crippen MR) is 129 cm³/mol. The highest BCUT2D eigenvalue weighted by atomic mass is 16.5. The molecule has 5 aromatic rings. The summed E-state index contributed by atoms with van der Waals surface area (Å²) in [7, 11) is 0. The van der Waals surface area contributed by atoms with Crippen molar-refractivity contribution in [2.45, 2.75) is 13.8 Å². The van der Waals surface area contributed by atoms with Crippen LogP contribution in [-0.2, 0) is 4.74 Å². The molecule has 164 valence electrons. The van der Waals surface area contributed by atoms with E-state index in [0.29, 0.717) is 17.9 Å². The van der Waals surface area contributed by atoms with Crippen molar-refractivity contribution in [1.82, 2.24) is 19.4 Å². The van der Waals surface area contributed by atoms with Crippen LogP contribution >= 0.6 is 0 Å². The van der Waals surface area contributed by atoms with Gasteiger partial charge in [0.25, 0.3) is 0 Å². The van der Waals surface area contributed by atoms with Gasteiger partial charge in [0.05, 0.1) is 12.1 Å². The molecule has 0 fully saturated rings. The highest BCUT2D eigenvalue weighted by Crippen LogP contribution is 2.32. The van der Waals surface area contributed by atoms with Gasteiger partial charge in [0.15, 0.2) is 5.69 Å². The van der Waals surface area contributed by atoms with E-state index in [2.05, 4.69) is 45.0 Å². The molecule has 0 radical (unpaired) electrons. The van der Waals surface area contributed by atoms with E-state index >= 15 is 0 Å². The molecule has 5 rings (SSSR count). The number of anilines is 2. The lowest BCUT2D eigenvalue weighted by Gasteiger charge is -2.23. The van der Waals surface area contributed by atoms with Crippen LogP contribution in [0.3, 0.4) is 0 Å². The highest BCUT2D eigenvalue weighted by molar-refractivity contribution is 5.94. The van der Waals surface area contributed by atoms with Gasteiger partial charge in [-0.2, -0.15) is 0 Å². The first kappa shape index (κ1) is 20.6. The summed E-state index contributed by atoms with van der Waals surface area (Å²) in [6.45, 7) is 4.98. The minimum absolute atomic E-state index is 0.296. The van der Waals surface area contributed by atoms with Gasteiger partial charge in [0.2, 0.25) is 0 Å². The molecule has 0 aliphatic rings. The molecular weight excluding hydrogens is 414 g/mol. The Balaban J connectivity index is 1.58. The van der Waals surface area contributed by atoms with Crippen molar-refractivity contribution in [3.8, 4) is 11.1 Å². The standard InChI is InChI=1S/C26H23N5O2/c1-3-31(20-8-6-5-7-9-20)25-21-14-18(10-12-22(21)27-17-28-25)19-11-13-24-29-23(16-30(24)15-19)26(32)33-4-2/h5-17H,3-4H2,1-2H3. The largest absolute Gasteiger partial charge is 0.461 e. The summed E-state index contributed by atoms with van der Waals surface area (Å²) in [5, 5.41) is 0.971. The highest BCUT2D eigenvalue weighted by Gasteiger charge is 2.15. The molecule has 0 aliphatic carbocycles. The smallest absolute Gasteiger partial charge is 0.358 e. The fourth-order valence-electron chi connectivity index (χ4n) is 3.97. The number of aromatic nitrogens is 4. The van der Waals surface area contributed by atoms with E-state index in [1.54, 1.807) is 19.4 Å². The van der Waals surface area contributed by atoms with Crippen LogP contribution in [0.2, 0.25) is 0 Å². The summed E-state index contributed by atoms with van der Waals surface area (Å²) in [5.41, 5.74) is 4.96. The van der Waals surface area contributed by atoms with E-state index in [4.69, 9.17) is 4.74 Å². The Morgan fingerprint density at radius 3 is 2.58 bits per heavy atom. The third-order valence-electron chi connectivity index (χ3n) is 5.52. The van der Waals surface area contributed by atoms with Crippen LogP contribution in [0.15, 0.2) is 79.4 Å². The monoisotopic (exact) mass is 437 g/mol. The molecule has 0 aliphatic heterocycles. The number of nitrogens with zero attached hydrogens (tertiary/aromatic N) is 5. The number of para-hydroxylation sites is 1. The van der Waals surface area contributed by atoms with Gasteiger partial charge in [-0.1, -0.05) is 24.3 Å². The number of hydrogen-bond acceptors (Lipinski definition) is 6. The van der Waals surface area contributed by atoms with Crippen LogP contribution in [-0.4, -0.2) is 38.5 Å². The van der Waals surface area contributed by atoms with Crippen LogP contribution in [0.25, 0.3) is 27.7 Å². The molecule has 0 bridgehead atoms. The second-order valence-corrected chi connectivity index (χ2v) is 7.54. The van der Waals surface area contributed by atoms with E-state index in [0.717, 1.165) is 40.1 Å². The number of pyridine rings is 1. The molecule has 0 atom stereocenters. The van der Waals surface area contributed by atoms with Gasteiger partial charge in [0.1, 0.15) is 17.8 Å². The van der Waals surface area contributed by atoms with Crippen LogP contribution in [0.5, 0.6) is 0 Å². The van der Waals surface area contributed by atoms with Crippen LogP contribution in [0.1, 0.15) is 24.3 Å². The lowest BCUT2D eigenvalue weighted by molar-refractivity contribution is 0.0520. The van der Waals surface area contributed by atoms with Gasteiger partial charge in [0, 0.05) is 30.0 Å². The minimum atomic E-state index is -0.421. The maximum absolute atomic E-state index is 12.0. The summed E-state index contributed by atoms with van der Waals surface area (Å²) >= 11 is 0. The summed E-state index contributed by atoms with van der Waals surface area (Å²) in [6.07, 6.45) is 5.27. The maximum atomic E-state index is 12.0. The van der Waals surface area contributed by atoms with Gasteiger partial charge in [-0.25, -0.2) is 19.7 Å². The number of carbonyl (C=O) groups excluding carboxylic acids is 1. The number of carbonyl (C=O) groups is 1. The third kappa shape index (κ3) is 3.89. The molecule has 0 spiro atoms. The Bertz CT molecular complexity index is 1450. The Kier molecular flexibility index (Phi) is 5.44. The van der Waals surface area contributed by atoms with Gasteiger partial charge in [-0.05, 0) is 61.4 Å². The fourth-order valence-corrected chi connectivity index (χ4v) is 3.97. The van der Waals surface area contributed by atoms with Gasteiger partial charge < -0.3 is 14.0 Å². The van der Waals surface area contributed by atoms with E-state index in [9.17, 15) is 4.79 Å². The van der Waals surface area contributed by atoms with Gasteiger partial charge in [-0.3, -0.25) is 0 Å². The van der Waals surface area contributed by atoms with E-state index < -0.39 is 5.97 Å². The number of benzene rings is 2. The first-order valence-corrected chi connectivity index (χ1v) is 10.9. The van der Waals surface area contributed by atoms with Crippen molar-refractivity contribution >= 4 is 34.0 Å². The lowest BCUT2D eigenvalue weighted by atomic mass is 10.0. The molecule has 0 saturated heterocycles. The molecule has 33 heavy (non-hydrogen) atoms. The topological polar surface area (TPSA) is 72.6 Å². The van der Waals surface area contributed by atoms with E-state index in [1.165, 1.54) is 0 Å². The molecule has 0 N–H and O–H groups in total. The Labute approximate surface area is 191 Å². The summed E-state index contributed by atoms with van der Waals surface area (Å²) in [5.74, 6) is 0.444. The summed E-state index contributed by atoms with van der Waals surface area (Å²) in [6, 6.07) is 20.3. The first-order chi connectivity index (χ1) is 16.2. The molecule has 0 unspecified atom stereocenters. The third-order valence-corrected chi connectivity index (χ3v) is 5.52. The van der Waals surface area contributed by atoms with Gasteiger partial charge in [-0.15, -0.1) is 0 Å². The molecule has 7 heteroatoms. The number of hydrogen-bond donors (Lipinski definition) is 0. The van der Waals surface area contributed by atoms with Crippen molar-refractivity contribution in [3.63, 3.8) is 0 Å². The normalized spacial score (nSPS) is 11.1. The zero-order valence-corrected chi connectivity index (χ0v) is 18.5. The van der Waals surface area contributed by atoms with Crippen molar-refractivity contribution in [1.29, 1.82) is 0 Å². The lowest BCUT2D eigenvalue weighted by Crippen LogP contribution is -2.17. The number of ether oxygens (including phenoxy) is 1. The fraction of sp³-hybridized carbons (Fsp3) is 0.154. The molecule has 2 aromatic carbocycles. The van der Waals surface area contributed by atoms with Crippen molar-refractivity contribution < 1.29 is 9.53 Å². The predicted octanol–water partition coefficient (Wildman–Crippen LogP) is 5.28. The number of esters is 1. The zero-order chi connectivity index (χ0) is 22.8. The van der Waals surface area contributed by atoms with Crippen molar-refractivity contribution in [3.05, 3.63) is 85.1 Å². The molecule has 0 amide bonds. The maximum Gasteiger partial charge on any atom is 0.358 e. The van der Waals surface area contributed by atoms with E-state index in [-0.39, 0.29) is 0 Å². The molecule has 0 saturated carbocycles. The minimum Gasteiger partial charge on any atom is -0.461 e. The Morgan fingerprint density at radius 1 is 0.970 bits per heavy atom. The first-order valence-electron chi connectivity index (χ1n) is 10.9. The zero-order valence-electron chi connectivity index (χ0n) is 18.5. The van der Waals surface area contributed by atoms with Gasteiger partial charge >= 0.3 is 5.97 Å². The van der Waals surface area contributed by atoms with E-state index in [1.807, 2.05) is 53.1 Å². The summed E-state index contributed by atoms with van der Waals surface area (Å²) < 4.78 is 6.91. The van der Waals surface area contributed by atoms with Crippen LogP contribution in [0.4, 0.5) is 11.5 Å². The van der Waals surface area contributed by atoms with Crippen molar-refractivity contribution in [2.24, 2.45) is 0 Å². The number of rotatable bonds is 6. The molecular formula is C26H23N5O2. The second-order valence-electron chi connectivity index (χ2n) is 7.54. The quantitative estimate of drug-likeness (QED) is 0.337. The molecule has 3 heterocycles. The second kappa shape index (κ2) is 8.70. The number of fused-ring (bicyclic) bond motifs is 2. The average molecular weight is 438 g/mol. The Morgan fingerprint density at radius 2 is 1.79 bits per heavy atom. The van der Waals surface area contributed by atoms with Crippen LogP contribution in [0, 0.1) is 0 Å². The van der Waals surface area contributed by atoms with Crippen LogP contribution < -0.4 is 4.90 Å². The van der Waals surface area contributed by atoms with Crippen molar-refractivity contribution in [2.75, 3.05) is 18.1 Å². The summed E-state index contributed by atoms with van der Waals surface area (Å²) in [4.78, 5) is 27.7. The molecule has 7 nitrogen and oxygen atoms in total. The SMILES string of the molecule is CCOC(=O)c1cn2cc(-c3ccc4ncnc(N(CC)c5ccccc5)c4c3)ccc2n1. The average Bonchev–Trinajstić information content (AvgIpc) is 3.29. The Hall–Kier alpha value is -4.26. The number of imidazole rings is 1. The molecule has 3 aromatic heterocycles.